The summed E-state index contributed by atoms with van der Waals surface area (Å²) in [5.41, 5.74) is 2.67. The molecule has 0 aromatic carbocycles. The molecule has 0 spiro atoms. The fourth-order valence-corrected chi connectivity index (χ4v) is 2.99. The van der Waals surface area contributed by atoms with Crippen molar-refractivity contribution in [2.75, 3.05) is 6.54 Å². The molecular weight excluding hydrogens is 252 g/mol. The Morgan fingerprint density at radius 3 is 2.95 bits per heavy atom. The Labute approximate surface area is 119 Å². The van der Waals surface area contributed by atoms with E-state index in [1.54, 1.807) is 0 Å². The minimum Gasteiger partial charge on any atom is -0.310 e. The van der Waals surface area contributed by atoms with E-state index in [9.17, 15) is 0 Å². The molecule has 0 fully saturated rings. The number of pyridine rings is 1. The topological polar surface area (TPSA) is 24.9 Å². The first-order valence-electron chi connectivity index (χ1n) is 6.97. The van der Waals surface area contributed by atoms with Gasteiger partial charge in [-0.25, -0.2) is 0 Å². The van der Waals surface area contributed by atoms with Crippen molar-refractivity contribution in [1.29, 1.82) is 0 Å². The van der Waals surface area contributed by atoms with Gasteiger partial charge in [0.25, 0.3) is 0 Å². The predicted octanol–water partition coefficient (Wildman–Crippen LogP) is 4.13. The van der Waals surface area contributed by atoms with Crippen molar-refractivity contribution in [2.45, 2.75) is 39.2 Å². The maximum Gasteiger partial charge on any atom is 0.0341 e. The van der Waals surface area contributed by atoms with Crippen molar-refractivity contribution < 1.29 is 0 Å². The van der Waals surface area contributed by atoms with Crippen LogP contribution in [-0.2, 0) is 6.42 Å². The monoisotopic (exact) mass is 274 g/mol. The van der Waals surface area contributed by atoms with E-state index in [-0.39, 0.29) is 0 Å². The van der Waals surface area contributed by atoms with Crippen molar-refractivity contribution in [3.8, 4) is 0 Å². The van der Waals surface area contributed by atoms with E-state index < -0.39 is 0 Å². The fraction of sp³-hybridized carbons (Fsp3) is 0.438. The summed E-state index contributed by atoms with van der Waals surface area (Å²) in [4.78, 5) is 5.74. The van der Waals surface area contributed by atoms with Gasteiger partial charge in [-0.05, 0) is 61.4 Å². The number of thiophene rings is 1. The normalized spacial score (nSPS) is 12.5. The van der Waals surface area contributed by atoms with Crippen molar-refractivity contribution >= 4 is 11.3 Å². The van der Waals surface area contributed by atoms with Crippen molar-refractivity contribution in [3.63, 3.8) is 0 Å². The fourth-order valence-electron chi connectivity index (χ4n) is 2.27. The minimum atomic E-state index is 0.413. The third-order valence-corrected chi connectivity index (χ3v) is 4.29. The van der Waals surface area contributed by atoms with Gasteiger partial charge in [0.05, 0.1) is 0 Å². The maximum atomic E-state index is 4.28. The molecule has 0 saturated heterocycles. The predicted molar refractivity (Wildman–Crippen MR) is 82.6 cm³/mol. The maximum absolute atomic E-state index is 4.28. The Hall–Kier alpha value is -1.19. The van der Waals surface area contributed by atoms with Crippen molar-refractivity contribution in [2.24, 2.45) is 0 Å². The van der Waals surface area contributed by atoms with Gasteiger partial charge in [0, 0.05) is 23.3 Å². The van der Waals surface area contributed by atoms with E-state index >= 15 is 0 Å². The molecule has 1 atom stereocenters. The van der Waals surface area contributed by atoms with E-state index in [1.165, 1.54) is 16.0 Å². The van der Waals surface area contributed by atoms with E-state index in [4.69, 9.17) is 0 Å². The highest BCUT2D eigenvalue weighted by Crippen LogP contribution is 2.23. The van der Waals surface area contributed by atoms with Crippen LogP contribution in [0.15, 0.2) is 36.0 Å². The Morgan fingerprint density at radius 1 is 1.37 bits per heavy atom. The average molecular weight is 274 g/mol. The zero-order chi connectivity index (χ0) is 13.5. The van der Waals surface area contributed by atoms with Crippen LogP contribution in [0.3, 0.4) is 0 Å². The molecule has 0 amide bonds. The van der Waals surface area contributed by atoms with Crippen molar-refractivity contribution in [1.82, 2.24) is 10.3 Å². The van der Waals surface area contributed by atoms with Gasteiger partial charge in [0.15, 0.2) is 0 Å². The molecule has 2 heterocycles. The number of aryl methyl sites for hydroxylation is 2. The summed E-state index contributed by atoms with van der Waals surface area (Å²) < 4.78 is 0. The van der Waals surface area contributed by atoms with E-state index in [2.05, 4.69) is 47.7 Å². The summed E-state index contributed by atoms with van der Waals surface area (Å²) >= 11 is 1.84. The van der Waals surface area contributed by atoms with E-state index in [0.29, 0.717) is 6.04 Å². The van der Waals surface area contributed by atoms with Crippen LogP contribution in [0.5, 0.6) is 0 Å². The number of hydrogen-bond acceptors (Lipinski definition) is 3. The number of aromatic nitrogens is 1. The molecule has 1 unspecified atom stereocenters. The molecule has 0 radical (unpaired) electrons. The molecule has 2 aromatic rings. The van der Waals surface area contributed by atoms with Crippen LogP contribution in [0.2, 0.25) is 0 Å². The van der Waals surface area contributed by atoms with Crippen LogP contribution in [-0.4, -0.2) is 11.5 Å². The van der Waals surface area contributed by atoms with Crippen molar-refractivity contribution in [3.05, 3.63) is 52.0 Å². The second-order valence-electron chi connectivity index (χ2n) is 4.86. The molecule has 0 aliphatic carbocycles. The largest absolute Gasteiger partial charge is 0.310 e. The average Bonchev–Trinajstić information content (AvgIpc) is 2.93. The zero-order valence-corrected chi connectivity index (χ0v) is 12.5. The summed E-state index contributed by atoms with van der Waals surface area (Å²) in [5.74, 6) is 0. The first-order valence-corrected chi connectivity index (χ1v) is 7.85. The lowest BCUT2D eigenvalue weighted by Gasteiger charge is -2.20. The molecule has 102 valence electrons. The van der Waals surface area contributed by atoms with Crippen LogP contribution < -0.4 is 5.32 Å². The number of hydrogen-bond donors (Lipinski definition) is 1. The van der Waals surface area contributed by atoms with Gasteiger partial charge in [0.2, 0.25) is 0 Å². The van der Waals surface area contributed by atoms with E-state index in [1.807, 2.05) is 23.7 Å². The number of nitrogens with one attached hydrogen (secondary N) is 1. The van der Waals surface area contributed by atoms with Gasteiger partial charge in [-0.2, -0.15) is 0 Å². The molecule has 0 saturated carbocycles. The van der Waals surface area contributed by atoms with Gasteiger partial charge in [0.1, 0.15) is 0 Å². The van der Waals surface area contributed by atoms with Crippen LogP contribution in [0.1, 0.15) is 41.8 Å². The number of nitrogens with zero attached hydrogens (tertiary/aromatic N) is 1. The molecule has 2 aromatic heterocycles. The van der Waals surface area contributed by atoms with Gasteiger partial charge in [-0.3, -0.25) is 4.98 Å². The molecule has 0 aliphatic rings. The minimum absolute atomic E-state index is 0.413. The van der Waals surface area contributed by atoms with Gasteiger partial charge >= 0.3 is 0 Å². The summed E-state index contributed by atoms with van der Waals surface area (Å²) in [6, 6.07) is 6.86. The third kappa shape index (κ3) is 4.15. The standard InChI is InChI=1S/C16H22N2S/c1-3-9-18-16(7-6-14-5-4-11-19-14)15-12-17-10-8-13(15)2/h4-5,8,10-12,16,18H,3,6-7,9H2,1-2H3. The summed E-state index contributed by atoms with van der Waals surface area (Å²) in [7, 11) is 0. The molecular formula is C16H22N2S. The second-order valence-corrected chi connectivity index (χ2v) is 5.89. The lowest BCUT2D eigenvalue weighted by atomic mass is 9.99. The first kappa shape index (κ1) is 14.2. The highest BCUT2D eigenvalue weighted by atomic mass is 32.1. The highest BCUT2D eigenvalue weighted by Gasteiger charge is 2.13. The molecule has 1 N–H and O–H groups in total. The molecule has 2 rings (SSSR count). The summed E-state index contributed by atoms with van der Waals surface area (Å²) in [6.45, 7) is 5.44. The molecule has 0 aliphatic heterocycles. The lowest BCUT2D eigenvalue weighted by Crippen LogP contribution is -2.23. The van der Waals surface area contributed by atoms with Gasteiger partial charge < -0.3 is 5.32 Å². The molecule has 0 bridgehead atoms. The van der Waals surface area contributed by atoms with Crippen LogP contribution in [0.4, 0.5) is 0 Å². The molecule has 3 heteroatoms. The lowest BCUT2D eigenvalue weighted by molar-refractivity contribution is 0.497. The smallest absolute Gasteiger partial charge is 0.0341 e. The zero-order valence-electron chi connectivity index (χ0n) is 11.7. The highest BCUT2D eigenvalue weighted by molar-refractivity contribution is 7.09. The SMILES string of the molecule is CCCNC(CCc1cccs1)c1cnccc1C. The number of rotatable bonds is 7. The first-order chi connectivity index (χ1) is 9.31. The second kappa shape index (κ2) is 7.41. The Balaban J connectivity index is 2.05. The van der Waals surface area contributed by atoms with Crippen LogP contribution in [0, 0.1) is 6.92 Å². The third-order valence-electron chi connectivity index (χ3n) is 3.36. The summed E-state index contributed by atoms with van der Waals surface area (Å²) in [5, 5.41) is 5.81. The molecule has 19 heavy (non-hydrogen) atoms. The van der Waals surface area contributed by atoms with E-state index in [0.717, 1.165) is 25.8 Å². The van der Waals surface area contributed by atoms with Crippen LogP contribution >= 0.6 is 11.3 Å². The summed E-state index contributed by atoms with van der Waals surface area (Å²) in [6.07, 6.45) is 7.31. The Morgan fingerprint density at radius 2 is 2.26 bits per heavy atom. The Bertz CT molecular complexity index is 479. The van der Waals surface area contributed by atoms with Crippen LogP contribution in [0.25, 0.3) is 0 Å². The van der Waals surface area contributed by atoms with Gasteiger partial charge in [-0.1, -0.05) is 13.0 Å². The quantitative estimate of drug-likeness (QED) is 0.821. The Kier molecular flexibility index (Phi) is 5.55. The van der Waals surface area contributed by atoms with Gasteiger partial charge in [-0.15, -0.1) is 11.3 Å². The molecule has 2 nitrogen and oxygen atoms in total.